The summed E-state index contributed by atoms with van der Waals surface area (Å²) in [6, 6.07) is 6.58. The first-order chi connectivity index (χ1) is 9.55. The number of benzene rings is 1. The van der Waals surface area contributed by atoms with Gasteiger partial charge in [0.05, 0.1) is 11.2 Å². The largest absolute Gasteiger partial charge is 0.497 e. The lowest BCUT2D eigenvalue weighted by atomic mass is 9.72. The standard InChI is InChI=1S/C16H21NOS2/c1-14-6-7-16(19-8-9-20-16)15(14,2)12-5-4-11(18-3)10-13(12)17-14/h4-5,10,17H,6-9H2,1-3H3/t14-,15-/m0/s1. The molecule has 20 heavy (non-hydrogen) atoms. The van der Waals surface area contributed by atoms with Crippen molar-refractivity contribution < 1.29 is 4.74 Å². The molecule has 1 spiro atoms. The summed E-state index contributed by atoms with van der Waals surface area (Å²) in [6.07, 6.45) is 2.56. The predicted molar refractivity (Wildman–Crippen MR) is 89.3 cm³/mol. The van der Waals surface area contributed by atoms with Gasteiger partial charge in [0.1, 0.15) is 5.75 Å². The average Bonchev–Trinajstić information content (AvgIpc) is 3.06. The molecule has 2 heterocycles. The Hall–Kier alpha value is -0.480. The molecule has 2 aliphatic heterocycles. The van der Waals surface area contributed by atoms with E-state index < -0.39 is 0 Å². The maximum absolute atomic E-state index is 5.39. The number of thioether (sulfide) groups is 2. The SMILES string of the molecule is COc1ccc2c(c1)N[C@@]1(C)CCC3(SCCS3)[C@@]21C. The van der Waals surface area contributed by atoms with Gasteiger partial charge < -0.3 is 10.1 Å². The van der Waals surface area contributed by atoms with Gasteiger partial charge in [0.2, 0.25) is 0 Å². The molecule has 4 rings (SSSR count). The molecule has 108 valence electrons. The van der Waals surface area contributed by atoms with Crippen LogP contribution in [0.15, 0.2) is 18.2 Å². The number of anilines is 1. The molecular formula is C16H21NOS2. The second kappa shape index (κ2) is 4.04. The first-order valence-corrected chi connectivity index (χ1v) is 9.26. The zero-order valence-corrected chi connectivity index (χ0v) is 13.9. The van der Waals surface area contributed by atoms with Gasteiger partial charge in [-0.3, -0.25) is 0 Å². The second-order valence-corrected chi connectivity index (χ2v) is 9.49. The van der Waals surface area contributed by atoms with E-state index in [9.17, 15) is 0 Å². The Kier molecular flexibility index (Phi) is 2.67. The lowest BCUT2D eigenvalue weighted by molar-refractivity contribution is 0.354. The van der Waals surface area contributed by atoms with Gasteiger partial charge in [-0.15, -0.1) is 23.5 Å². The molecule has 0 amide bonds. The fourth-order valence-corrected chi connectivity index (χ4v) is 8.30. The molecule has 2 atom stereocenters. The summed E-state index contributed by atoms with van der Waals surface area (Å²) in [5.41, 5.74) is 3.14. The number of fused-ring (bicyclic) bond motifs is 4. The Morgan fingerprint density at radius 1 is 1.15 bits per heavy atom. The van der Waals surface area contributed by atoms with E-state index in [1.807, 2.05) is 0 Å². The highest BCUT2D eigenvalue weighted by molar-refractivity contribution is 8.21. The summed E-state index contributed by atoms with van der Waals surface area (Å²) in [5.74, 6) is 3.54. The minimum atomic E-state index is 0.173. The number of rotatable bonds is 1. The Morgan fingerprint density at radius 3 is 2.60 bits per heavy atom. The molecule has 0 aromatic heterocycles. The summed E-state index contributed by atoms with van der Waals surface area (Å²) < 4.78 is 5.75. The van der Waals surface area contributed by atoms with Crippen molar-refractivity contribution in [1.29, 1.82) is 0 Å². The van der Waals surface area contributed by atoms with E-state index in [4.69, 9.17) is 4.74 Å². The van der Waals surface area contributed by atoms with E-state index in [0.29, 0.717) is 4.08 Å². The molecule has 1 aliphatic carbocycles. The lowest BCUT2D eigenvalue weighted by Gasteiger charge is -2.44. The van der Waals surface area contributed by atoms with Crippen LogP contribution in [-0.2, 0) is 5.41 Å². The van der Waals surface area contributed by atoms with Gasteiger partial charge in [0, 0.05) is 34.2 Å². The van der Waals surface area contributed by atoms with Crippen LogP contribution in [0.25, 0.3) is 0 Å². The summed E-state index contributed by atoms with van der Waals surface area (Å²) in [5, 5.41) is 3.83. The van der Waals surface area contributed by atoms with Gasteiger partial charge in [-0.25, -0.2) is 0 Å². The van der Waals surface area contributed by atoms with Crippen LogP contribution in [0, 0.1) is 0 Å². The van der Waals surface area contributed by atoms with Crippen LogP contribution in [0.4, 0.5) is 5.69 Å². The number of hydrogen-bond donors (Lipinski definition) is 1. The van der Waals surface area contributed by atoms with Crippen LogP contribution in [0.3, 0.4) is 0 Å². The highest BCUT2D eigenvalue weighted by Gasteiger charge is 2.68. The van der Waals surface area contributed by atoms with Gasteiger partial charge in [0.25, 0.3) is 0 Å². The van der Waals surface area contributed by atoms with Crippen molar-refractivity contribution in [2.45, 2.75) is 41.7 Å². The molecule has 0 bridgehead atoms. The van der Waals surface area contributed by atoms with Gasteiger partial charge in [-0.2, -0.15) is 0 Å². The minimum Gasteiger partial charge on any atom is -0.497 e. The van der Waals surface area contributed by atoms with Crippen molar-refractivity contribution in [1.82, 2.24) is 0 Å². The van der Waals surface area contributed by atoms with Crippen molar-refractivity contribution in [3.63, 3.8) is 0 Å². The van der Waals surface area contributed by atoms with Crippen LogP contribution >= 0.6 is 23.5 Å². The highest BCUT2D eigenvalue weighted by Crippen LogP contribution is 2.71. The van der Waals surface area contributed by atoms with Gasteiger partial charge in [-0.05, 0) is 31.4 Å². The van der Waals surface area contributed by atoms with Crippen molar-refractivity contribution in [3.8, 4) is 5.75 Å². The number of hydrogen-bond acceptors (Lipinski definition) is 4. The maximum atomic E-state index is 5.39. The highest BCUT2D eigenvalue weighted by atomic mass is 32.2. The fourth-order valence-electron chi connectivity index (χ4n) is 4.40. The van der Waals surface area contributed by atoms with E-state index >= 15 is 0 Å². The Labute approximate surface area is 129 Å². The monoisotopic (exact) mass is 307 g/mol. The molecule has 1 N–H and O–H groups in total. The van der Waals surface area contributed by atoms with Crippen LogP contribution in [0.2, 0.25) is 0 Å². The van der Waals surface area contributed by atoms with Crippen molar-refractivity contribution >= 4 is 29.2 Å². The fraction of sp³-hybridized carbons (Fsp3) is 0.625. The third-order valence-electron chi connectivity index (χ3n) is 5.75. The molecule has 1 saturated carbocycles. The normalized spacial score (nSPS) is 36.8. The summed E-state index contributed by atoms with van der Waals surface area (Å²) >= 11 is 4.38. The predicted octanol–water partition coefficient (Wildman–Crippen LogP) is 4.11. The minimum absolute atomic E-state index is 0.173. The first-order valence-electron chi connectivity index (χ1n) is 7.29. The molecule has 0 radical (unpaired) electrons. The van der Waals surface area contributed by atoms with Gasteiger partial charge in [-0.1, -0.05) is 13.0 Å². The second-order valence-electron chi connectivity index (χ2n) is 6.44. The van der Waals surface area contributed by atoms with E-state index in [0.717, 1.165) is 5.75 Å². The summed E-state index contributed by atoms with van der Waals surface area (Å²) in [7, 11) is 1.74. The number of nitrogens with one attached hydrogen (secondary N) is 1. The molecular weight excluding hydrogens is 286 g/mol. The van der Waals surface area contributed by atoms with Crippen molar-refractivity contribution in [3.05, 3.63) is 23.8 Å². The van der Waals surface area contributed by atoms with E-state index in [1.54, 1.807) is 7.11 Å². The van der Waals surface area contributed by atoms with E-state index in [1.165, 1.54) is 35.6 Å². The quantitative estimate of drug-likeness (QED) is 0.842. The third kappa shape index (κ3) is 1.35. The summed E-state index contributed by atoms with van der Waals surface area (Å²) in [6.45, 7) is 4.89. The lowest BCUT2D eigenvalue weighted by Crippen LogP contribution is -2.51. The summed E-state index contributed by atoms with van der Waals surface area (Å²) in [4.78, 5) is 0. The van der Waals surface area contributed by atoms with Gasteiger partial charge >= 0.3 is 0 Å². The Bertz CT molecular complexity index is 570. The van der Waals surface area contributed by atoms with Crippen molar-refractivity contribution in [2.75, 3.05) is 23.9 Å². The van der Waals surface area contributed by atoms with E-state index in [-0.39, 0.29) is 11.0 Å². The molecule has 1 aromatic carbocycles. The zero-order valence-electron chi connectivity index (χ0n) is 12.3. The zero-order chi connectivity index (χ0) is 14.0. The average molecular weight is 307 g/mol. The molecule has 2 nitrogen and oxygen atoms in total. The first kappa shape index (κ1) is 13.2. The van der Waals surface area contributed by atoms with Crippen LogP contribution < -0.4 is 10.1 Å². The smallest absolute Gasteiger partial charge is 0.120 e. The van der Waals surface area contributed by atoms with Crippen LogP contribution in [0.5, 0.6) is 5.75 Å². The van der Waals surface area contributed by atoms with E-state index in [2.05, 4.69) is 60.9 Å². The van der Waals surface area contributed by atoms with Crippen LogP contribution in [-0.4, -0.2) is 28.2 Å². The number of ether oxygens (including phenoxy) is 1. The Morgan fingerprint density at radius 2 is 1.90 bits per heavy atom. The molecule has 2 fully saturated rings. The third-order valence-corrected chi connectivity index (χ3v) is 9.69. The van der Waals surface area contributed by atoms with Crippen molar-refractivity contribution in [2.24, 2.45) is 0 Å². The molecule has 1 saturated heterocycles. The van der Waals surface area contributed by atoms with Crippen LogP contribution in [0.1, 0.15) is 32.3 Å². The topological polar surface area (TPSA) is 21.3 Å². The molecule has 4 heteroatoms. The Balaban J connectivity index is 1.90. The molecule has 0 unspecified atom stereocenters. The molecule has 1 aromatic rings. The van der Waals surface area contributed by atoms with Gasteiger partial charge in [0.15, 0.2) is 0 Å². The number of methoxy groups -OCH3 is 1. The maximum Gasteiger partial charge on any atom is 0.120 e. The molecule has 3 aliphatic rings.